The summed E-state index contributed by atoms with van der Waals surface area (Å²) in [5.41, 5.74) is 2.06. The highest BCUT2D eigenvalue weighted by Crippen LogP contribution is 2.31. The molecule has 0 atom stereocenters. The minimum absolute atomic E-state index is 0.0489. The van der Waals surface area contributed by atoms with Crippen molar-refractivity contribution in [2.24, 2.45) is 0 Å². The van der Waals surface area contributed by atoms with Crippen LogP contribution in [0.3, 0.4) is 0 Å². The summed E-state index contributed by atoms with van der Waals surface area (Å²) < 4.78 is 47.6. The number of ether oxygens (including phenoxy) is 1. The fourth-order valence-electron chi connectivity index (χ4n) is 4.33. The molecule has 0 bridgehead atoms. The second kappa shape index (κ2) is 12.2. The molecule has 0 saturated carbocycles. The number of carbonyl (C=O) groups is 1. The lowest BCUT2D eigenvalue weighted by Crippen LogP contribution is -2.51. The van der Waals surface area contributed by atoms with E-state index >= 15 is 0 Å². The Kier molecular flexibility index (Phi) is 8.81. The van der Waals surface area contributed by atoms with E-state index in [2.05, 4.69) is 17.1 Å². The van der Waals surface area contributed by atoms with Gasteiger partial charge >= 0.3 is 0 Å². The maximum atomic E-state index is 13.8. The topological polar surface area (TPSA) is 70.2 Å². The molecule has 1 saturated heterocycles. The van der Waals surface area contributed by atoms with Crippen LogP contribution in [-0.2, 0) is 14.8 Å². The minimum atomic E-state index is -4.20. The molecule has 1 fully saturated rings. The molecule has 0 unspecified atom stereocenters. The molecule has 7 nitrogen and oxygen atoms in total. The zero-order valence-electron chi connectivity index (χ0n) is 21.6. The van der Waals surface area contributed by atoms with Crippen LogP contribution < -0.4 is 9.04 Å². The van der Waals surface area contributed by atoms with Gasteiger partial charge in [0.2, 0.25) is 5.91 Å². The molecule has 0 spiro atoms. The maximum Gasteiger partial charge on any atom is 0.268 e. The fraction of sp³-hybridized carbons (Fsp3) is 0.276. The van der Waals surface area contributed by atoms with Crippen molar-refractivity contribution in [3.05, 3.63) is 95.8 Å². The van der Waals surface area contributed by atoms with Crippen molar-refractivity contribution in [2.45, 2.75) is 11.8 Å². The molecule has 3 aromatic carbocycles. The lowest BCUT2D eigenvalue weighted by Gasteiger charge is -2.35. The molecule has 4 rings (SSSR count). The number of benzene rings is 3. The highest BCUT2D eigenvalue weighted by molar-refractivity contribution is 7.93. The average Bonchev–Trinajstić information content (AvgIpc) is 2.93. The maximum absolute atomic E-state index is 13.8. The number of halogens is 1. The number of piperazine rings is 1. The Morgan fingerprint density at radius 3 is 2.34 bits per heavy atom. The number of nitrogens with zero attached hydrogens (tertiary/aromatic N) is 3. The normalized spacial score (nSPS) is 14.6. The van der Waals surface area contributed by atoms with E-state index in [1.807, 2.05) is 30.3 Å². The van der Waals surface area contributed by atoms with Gasteiger partial charge in [0.25, 0.3) is 10.0 Å². The SMILES string of the molecule is COc1ccc(C)cc1S(=O)(=O)N(CC(=O)N1CCN(C/C=C/c2ccccc2)CC1)c1ccc(F)cc1. The van der Waals surface area contributed by atoms with Crippen molar-refractivity contribution < 1.29 is 22.3 Å². The third-order valence-corrected chi connectivity index (χ3v) is 8.27. The standard InChI is InChI=1S/C29H32FN3O4S/c1-23-10-15-27(37-2)28(21-23)38(35,36)33(26-13-11-25(30)12-14-26)22-29(34)32-19-17-31(18-20-32)16-6-9-24-7-4-3-5-8-24/h3-15,21H,16-20,22H2,1-2H3/b9-6+. The summed E-state index contributed by atoms with van der Waals surface area (Å²) >= 11 is 0. The number of amides is 1. The van der Waals surface area contributed by atoms with E-state index in [1.165, 1.54) is 37.4 Å². The number of methoxy groups -OCH3 is 1. The first kappa shape index (κ1) is 27.3. The molecule has 9 heteroatoms. The van der Waals surface area contributed by atoms with E-state index in [0.717, 1.165) is 22.0 Å². The third kappa shape index (κ3) is 6.59. The molecule has 1 aliphatic rings. The van der Waals surface area contributed by atoms with Gasteiger partial charge in [-0.15, -0.1) is 0 Å². The molecule has 3 aromatic rings. The molecule has 38 heavy (non-hydrogen) atoms. The van der Waals surface area contributed by atoms with E-state index in [1.54, 1.807) is 24.0 Å². The zero-order chi connectivity index (χ0) is 27.1. The van der Waals surface area contributed by atoms with E-state index in [-0.39, 0.29) is 22.2 Å². The number of anilines is 1. The molecule has 0 aliphatic carbocycles. The Bertz CT molecular complexity index is 1370. The van der Waals surface area contributed by atoms with Gasteiger partial charge in [0.15, 0.2) is 0 Å². The molecule has 200 valence electrons. The summed E-state index contributed by atoms with van der Waals surface area (Å²) in [4.78, 5) is 17.2. The molecule has 1 amide bonds. The predicted octanol–water partition coefficient (Wildman–Crippen LogP) is 4.20. The fourth-order valence-corrected chi connectivity index (χ4v) is 5.99. The van der Waals surface area contributed by atoms with Gasteiger partial charge in [-0.3, -0.25) is 14.0 Å². The number of carbonyl (C=O) groups excluding carboxylic acids is 1. The molecular weight excluding hydrogens is 505 g/mol. The Morgan fingerprint density at radius 1 is 1.00 bits per heavy atom. The van der Waals surface area contributed by atoms with E-state index in [4.69, 9.17) is 4.74 Å². The minimum Gasteiger partial charge on any atom is -0.495 e. The highest BCUT2D eigenvalue weighted by Gasteiger charge is 2.32. The van der Waals surface area contributed by atoms with Crippen LogP contribution >= 0.6 is 0 Å². The van der Waals surface area contributed by atoms with Crippen LogP contribution in [0.1, 0.15) is 11.1 Å². The monoisotopic (exact) mass is 537 g/mol. The number of sulfonamides is 1. The summed E-state index contributed by atoms with van der Waals surface area (Å²) in [7, 11) is -2.80. The van der Waals surface area contributed by atoms with E-state index < -0.39 is 22.4 Å². The summed E-state index contributed by atoms with van der Waals surface area (Å²) in [6.07, 6.45) is 4.17. The van der Waals surface area contributed by atoms with E-state index in [9.17, 15) is 17.6 Å². The Morgan fingerprint density at radius 2 is 1.68 bits per heavy atom. The van der Waals surface area contributed by atoms with Crippen molar-refractivity contribution in [1.82, 2.24) is 9.80 Å². The Balaban J connectivity index is 1.48. The number of hydrogen-bond donors (Lipinski definition) is 0. The van der Waals surface area contributed by atoms with Crippen LogP contribution in [0.2, 0.25) is 0 Å². The highest BCUT2D eigenvalue weighted by atomic mass is 32.2. The van der Waals surface area contributed by atoms with Gasteiger partial charge < -0.3 is 9.64 Å². The summed E-state index contributed by atoms with van der Waals surface area (Å²) in [5.74, 6) is -0.640. The molecular formula is C29H32FN3O4S. The molecule has 1 aliphatic heterocycles. The Hall–Kier alpha value is -3.69. The molecule has 0 radical (unpaired) electrons. The van der Waals surface area contributed by atoms with E-state index in [0.29, 0.717) is 26.2 Å². The van der Waals surface area contributed by atoms with Crippen molar-refractivity contribution in [2.75, 3.05) is 50.7 Å². The third-order valence-electron chi connectivity index (χ3n) is 6.48. The average molecular weight is 538 g/mol. The zero-order valence-corrected chi connectivity index (χ0v) is 22.4. The van der Waals surface area contributed by atoms with Crippen LogP contribution in [0, 0.1) is 12.7 Å². The van der Waals surface area contributed by atoms with Crippen LogP contribution in [0.15, 0.2) is 83.8 Å². The number of hydrogen-bond acceptors (Lipinski definition) is 5. The first-order valence-electron chi connectivity index (χ1n) is 12.4. The summed E-state index contributed by atoms with van der Waals surface area (Å²) in [6, 6.07) is 20.0. The van der Waals surface area contributed by atoms with Gasteiger partial charge in [-0.05, 0) is 54.4 Å². The van der Waals surface area contributed by atoms with Crippen LogP contribution in [0.5, 0.6) is 5.75 Å². The van der Waals surface area contributed by atoms with Crippen LogP contribution in [0.4, 0.5) is 10.1 Å². The lowest BCUT2D eigenvalue weighted by atomic mass is 10.2. The second-order valence-electron chi connectivity index (χ2n) is 9.14. The predicted molar refractivity (Wildman–Crippen MR) is 147 cm³/mol. The largest absolute Gasteiger partial charge is 0.495 e. The molecule has 1 heterocycles. The molecule has 0 N–H and O–H groups in total. The van der Waals surface area contributed by atoms with Crippen molar-refractivity contribution in [3.8, 4) is 5.75 Å². The van der Waals surface area contributed by atoms with Crippen molar-refractivity contribution in [1.29, 1.82) is 0 Å². The Labute approximate surface area is 223 Å². The van der Waals surface area contributed by atoms with Gasteiger partial charge in [-0.1, -0.05) is 48.6 Å². The van der Waals surface area contributed by atoms with Gasteiger partial charge in [-0.2, -0.15) is 0 Å². The van der Waals surface area contributed by atoms with Crippen LogP contribution in [0.25, 0.3) is 6.08 Å². The first-order valence-corrected chi connectivity index (χ1v) is 13.9. The van der Waals surface area contributed by atoms with Crippen molar-refractivity contribution in [3.63, 3.8) is 0 Å². The summed E-state index contributed by atoms with van der Waals surface area (Å²) in [5, 5.41) is 0. The summed E-state index contributed by atoms with van der Waals surface area (Å²) in [6.45, 7) is 4.48. The van der Waals surface area contributed by atoms with Gasteiger partial charge in [-0.25, -0.2) is 12.8 Å². The van der Waals surface area contributed by atoms with Gasteiger partial charge in [0.05, 0.1) is 12.8 Å². The smallest absolute Gasteiger partial charge is 0.268 e. The van der Waals surface area contributed by atoms with Crippen molar-refractivity contribution >= 4 is 27.7 Å². The second-order valence-corrected chi connectivity index (χ2v) is 11.0. The van der Waals surface area contributed by atoms with Gasteiger partial charge in [0, 0.05) is 32.7 Å². The number of rotatable bonds is 9. The quantitative estimate of drug-likeness (QED) is 0.409. The van der Waals surface area contributed by atoms with Gasteiger partial charge in [0.1, 0.15) is 23.0 Å². The first-order chi connectivity index (χ1) is 18.3. The molecule has 0 aromatic heterocycles. The lowest BCUT2D eigenvalue weighted by molar-refractivity contribution is -0.131. The van der Waals surface area contributed by atoms with Crippen LogP contribution in [-0.4, -0.2) is 70.5 Å². The number of aryl methyl sites for hydroxylation is 1.